The molecule has 0 amide bonds. The maximum Gasteiger partial charge on any atom is 0.133 e. The van der Waals surface area contributed by atoms with Gasteiger partial charge in [0.15, 0.2) is 0 Å². The third-order valence-corrected chi connectivity index (χ3v) is 7.15. The van der Waals surface area contributed by atoms with Gasteiger partial charge in [0.1, 0.15) is 5.78 Å². The molecule has 1 aliphatic rings. The Morgan fingerprint density at radius 1 is 0.742 bits per heavy atom. The number of hydrogen-bond acceptors (Lipinski definition) is 1. The molecule has 1 aliphatic carbocycles. The smallest absolute Gasteiger partial charge is 0.133 e. The van der Waals surface area contributed by atoms with Crippen LogP contribution in [0.5, 0.6) is 0 Å². The number of rotatable bonds is 4. The normalized spacial score (nSPS) is 16.7. The van der Waals surface area contributed by atoms with Crippen LogP contribution in [0, 0.1) is 5.92 Å². The molecule has 0 saturated heterocycles. The van der Waals surface area contributed by atoms with Crippen LogP contribution in [0.4, 0.5) is 0 Å². The van der Waals surface area contributed by atoms with Crippen LogP contribution < -0.4 is 0 Å². The summed E-state index contributed by atoms with van der Waals surface area (Å²) in [4.78, 5) is 12.2. The number of carbonyl (C=O) groups excluding carboxylic acids is 1. The maximum atomic E-state index is 12.2. The van der Waals surface area contributed by atoms with Crippen molar-refractivity contribution < 1.29 is 4.79 Å². The van der Waals surface area contributed by atoms with Gasteiger partial charge < -0.3 is 0 Å². The Labute approximate surface area is 184 Å². The minimum atomic E-state index is -0.106. The van der Waals surface area contributed by atoms with Gasteiger partial charge in [-0.25, -0.2) is 0 Å². The summed E-state index contributed by atoms with van der Waals surface area (Å²) in [6.07, 6.45) is 2.39. The highest BCUT2D eigenvalue weighted by molar-refractivity contribution is 6.06. The molecule has 154 valence electrons. The molecule has 1 fully saturated rings. The first-order valence-electron chi connectivity index (χ1n) is 11.2. The molecule has 1 heteroatoms. The fourth-order valence-corrected chi connectivity index (χ4v) is 5.31. The van der Waals surface area contributed by atoms with Gasteiger partial charge in [-0.3, -0.25) is 4.79 Å². The summed E-state index contributed by atoms with van der Waals surface area (Å²) in [5.41, 5.74) is 6.29. The molecule has 31 heavy (non-hydrogen) atoms. The quantitative estimate of drug-likeness (QED) is 0.339. The molecule has 0 heterocycles. The van der Waals surface area contributed by atoms with Gasteiger partial charge in [0.2, 0.25) is 0 Å². The molecule has 0 radical (unpaired) electrons. The van der Waals surface area contributed by atoms with E-state index in [1.165, 1.54) is 38.6 Å². The van der Waals surface area contributed by atoms with Gasteiger partial charge in [0.05, 0.1) is 0 Å². The van der Waals surface area contributed by atoms with E-state index >= 15 is 0 Å². The summed E-state index contributed by atoms with van der Waals surface area (Å²) >= 11 is 0. The molecule has 0 spiro atoms. The predicted octanol–water partition coefficient (Wildman–Crippen LogP) is 7.82. The Morgan fingerprint density at radius 3 is 1.94 bits per heavy atom. The Bertz CT molecular complexity index is 1240. The van der Waals surface area contributed by atoms with Crippen molar-refractivity contribution in [3.63, 3.8) is 0 Å². The van der Waals surface area contributed by atoms with E-state index in [1.54, 1.807) is 0 Å². The van der Waals surface area contributed by atoms with E-state index in [-0.39, 0.29) is 5.41 Å². The Morgan fingerprint density at radius 2 is 1.32 bits per heavy atom. The zero-order valence-electron chi connectivity index (χ0n) is 18.3. The van der Waals surface area contributed by atoms with E-state index in [2.05, 4.69) is 105 Å². The van der Waals surface area contributed by atoms with E-state index < -0.39 is 0 Å². The number of hydrogen-bond donors (Lipinski definition) is 0. The van der Waals surface area contributed by atoms with Gasteiger partial charge in [0, 0.05) is 12.8 Å². The highest BCUT2D eigenvalue weighted by Gasteiger charge is 2.38. The highest BCUT2D eigenvalue weighted by atomic mass is 16.1. The largest absolute Gasteiger partial charge is 0.300 e. The maximum absolute atomic E-state index is 12.2. The molecule has 1 unspecified atom stereocenters. The van der Waals surface area contributed by atoms with E-state index in [0.717, 1.165) is 6.42 Å². The van der Waals surface area contributed by atoms with Crippen molar-refractivity contribution in [2.75, 3.05) is 0 Å². The second-order valence-electron chi connectivity index (χ2n) is 9.32. The molecule has 0 aromatic heterocycles. The van der Waals surface area contributed by atoms with Gasteiger partial charge in [0.25, 0.3) is 0 Å². The van der Waals surface area contributed by atoms with Gasteiger partial charge in [-0.2, -0.15) is 0 Å². The summed E-state index contributed by atoms with van der Waals surface area (Å²) in [5, 5.41) is 2.55. The monoisotopic (exact) mass is 404 g/mol. The lowest BCUT2D eigenvalue weighted by Crippen LogP contribution is -2.28. The summed E-state index contributed by atoms with van der Waals surface area (Å²) in [7, 11) is 0. The second kappa shape index (κ2) is 7.81. The van der Waals surface area contributed by atoms with Gasteiger partial charge in [-0.05, 0) is 62.4 Å². The minimum Gasteiger partial charge on any atom is -0.300 e. The molecule has 0 aliphatic heterocycles. The number of benzene rings is 4. The topological polar surface area (TPSA) is 17.1 Å². The lowest BCUT2D eigenvalue weighted by atomic mass is 9.68. The van der Waals surface area contributed by atoms with Crippen LogP contribution in [0.15, 0.2) is 91.0 Å². The number of ketones is 1. The lowest BCUT2D eigenvalue weighted by Gasteiger charge is -2.35. The SMILES string of the molecule is CC(C)(c1cc(-c2ccccc2)c2ccccc2c1-c1ccccc1)C1CCC(=O)C1. The van der Waals surface area contributed by atoms with Crippen molar-refractivity contribution in [2.45, 2.75) is 38.5 Å². The Kier molecular flexibility index (Phi) is 4.98. The summed E-state index contributed by atoms with van der Waals surface area (Å²) < 4.78 is 0. The fourth-order valence-electron chi connectivity index (χ4n) is 5.31. The van der Waals surface area contributed by atoms with Gasteiger partial charge in [-0.15, -0.1) is 0 Å². The van der Waals surface area contributed by atoms with E-state index in [0.29, 0.717) is 24.5 Å². The summed E-state index contributed by atoms with van der Waals surface area (Å²) in [5.74, 6) is 0.774. The molecule has 0 N–H and O–H groups in total. The van der Waals surface area contributed by atoms with Crippen LogP contribution in [-0.2, 0) is 10.2 Å². The summed E-state index contributed by atoms with van der Waals surface area (Å²) in [6, 6.07) is 32.6. The Balaban J connectivity index is 1.85. The third kappa shape index (κ3) is 3.49. The van der Waals surface area contributed by atoms with Crippen LogP contribution in [0.2, 0.25) is 0 Å². The predicted molar refractivity (Wildman–Crippen MR) is 130 cm³/mol. The van der Waals surface area contributed by atoms with Crippen molar-refractivity contribution in [3.05, 3.63) is 96.6 Å². The molecule has 5 rings (SSSR count). The molecule has 1 nitrogen and oxygen atoms in total. The minimum absolute atomic E-state index is 0.106. The second-order valence-corrected chi connectivity index (χ2v) is 9.32. The first-order chi connectivity index (χ1) is 15.1. The van der Waals surface area contributed by atoms with Crippen LogP contribution in [-0.4, -0.2) is 5.78 Å². The van der Waals surface area contributed by atoms with E-state index in [9.17, 15) is 4.79 Å². The number of carbonyl (C=O) groups is 1. The number of fused-ring (bicyclic) bond motifs is 1. The van der Waals surface area contributed by atoms with Crippen LogP contribution in [0.3, 0.4) is 0 Å². The molecule has 1 atom stereocenters. The molecule has 0 bridgehead atoms. The highest BCUT2D eigenvalue weighted by Crippen LogP contribution is 2.48. The molecular weight excluding hydrogens is 376 g/mol. The number of Topliss-reactive ketones (excluding diaryl/α,β-unsaturated/α-hetero) is 1. The molecule has 1 saturated carbocycles. The van der Waals surface area contributed by atoms with Crippen molar-refractivity contribution in [1.29, 1.82) is 0 Å². The zero-order chi connectivity index (χ0) is 21.4. The van der Waals surface area contributed by atoms with Crippen molar-refractivity contribution in [1.82, 2.24) is 0 Å². The van der Waals surface area contributed by atoms with Crippen molar-refractivity contribution in [3.8, 4) is 22.3 Å². The first-order valence-corrected chi connectivity index (χ1v) is 11.2. The van der Waals surface area contributed by atoms with Crippen molar-refractivity contribution >= 4 is 16.6 Å². The van der Waals surface area contributed by atoms with E-state index in [1.807, 2.05) is 0 Å². The Hall–Kier alpha value is -3.19. The third-order valence-electron chi connectivity index (χ3n) is 7.15. The zero-order valence-corrected chi connectivity index (χ0v) is 18.3. The van der Waals surface area contributed by atoms with E-state index in [4.69, 9.17) is 0 Å². The average molecular weight is 405 g/mol. The van der Waals surface area contributed by atoms with Crippen LogP contribution in [0.1, 0.15) is 38.7 Å². The lowest BCUT2D eigenvalue weighted by molar-refractivity contribution is -0.117. The van der Waals surface area contributed by atoms with Crippen LogP contribution in [0.25, 0.3) is 33.0 Å². The molecule has 4 aromatic rings. The summed E-state index contributed by atoms with van der Waals surface area (Å²) in [6.45, 7) is 4.67. The molecule has 4 aromatic carbocycles. The fraction of sp³-hybridized carbons (Fsp3) is 0.233. The first kappa shape index (κ1) is 19.8. The van der Waals surface area contributed by atoms with Crippen molar-refractivity contribution in [2.24, 2.45) is 5.92 Å². The average Bonchev–Trinajstić information content (AvgIpc) is 3.26. The van der Waals surface area contributed by atoms with Gasteiger partial charge >= 0.3 is 0 Å². The standard InChI is InChI=1S/C30H28O/c1-30(2,23-17-18-24(31)19-23)28-20-27(21-11-5-3-6-12-21)25-15-9-10-16-26(25)29(28)22-13-7-4-8-14-22/h3-16,20,23H,17-19H2,1-2H3. The molecular formula is C30H28O. The van der Waals surface area contributed by atoms with Gasteiger partial charge in [-0.1, -0.05) is 98.8 Å². The van der Waals surface area contributed by atoms with Crippen LogP contribution >= 0.6 is 0 Å².